The Morgan fingerprint density at radius 3 is 2.60 bits per heavy atom. The van der Waals surface area contributed by atoms with Crippen LogP contribution in [0.4, 0.5) is 10.9 Å². The summed E-state index contributed by atoms with van der Waals surface area (Å²) in [5.41, 5.74) is 5.88. The van der Waals surface area contributed by atoms with Crippen LogP contribution in [-0.4, -0.2) is 23.0 Å². The van der Waals surface area contributed by atoms with Gasteiger partial charge in [0.15, 0.2) is 5.13 Å². The van der Waals surface area contributed by atoms with Gasteiger partial charge < -0.3 is 16.4 Å². The Morgan fingerprint density at radius 2 is 2.10 bits per heavy atom. The number of hydrogen-bond acceptors (Lipinski definition) is 5. The smallest absolute Gasteiger partial charge is 0.265 e. The number of nitrogen functional groups attached to an aromatic ring is 1. The Hall–Kier alpha value is -1.30. The van der Waals surface area contributed by atoms with Gasteiger partial charge in [-0.05, 0) is 31.6 Å². The quantitative estimate of drug-likeness (QED) is 0.798. The van der Waals surface area contributed by atoms with Crippen molar-refractivity contribution in [2.24, 2.45) is 5.41 Å². The van der Waals surface area contributed by atoms with Crippen LogP contribution in [0, 0.1) is 5.41 Å². The molecule has 1 aliphatic rings. The van der Waals surface area contributed by atoms with Gasteiger partial charge >= 0.3 is 0 Å². The third-order valence-electron chi connectivity index (χ3n) is 3.94. The summed E-state index contributed by atoms with van der Waals surface area (Å²) in [5, 5.41) is 7.07. The van der Waals surface area contributed by atoms with Crippen molar-refractivity contribution in [1.82, 2.24) is 10.3 Å². The summed E-state index contributed by atoms with van der Waals surface area (Å²) >= 11 is 1.34. The van der Waals surface area contributed by atoms with Crippen molar-refractivity contribution in [3.8, 4) is 0 Å². The lowest BCUT2D eigenvalue weighted by Gasteiger charge is -2.27. The van der Waals surface area contributed by atoms with Crippen molar-refractivity contribution in [2.75, 3.05) is 11.1 Å². The van der Waals surface area contributed by atoms with E-state index in [2.05, 4.69) is 36.4 Å². The molecule has 0 spiro atoms. The third-order valence-corrected chi connectivity index (χ3v) is 4.94. The van der Waals surface area contributed by atoms with Crippen molar-refractivity contribution in [2.45, 2.75) is 59.0 Å². The Morgan fingerprint density at radius 1 is 1.45 bits per heavy atom. The Balaban J connectivity index is 2.02. The Bertz CT molecular complexity index is 488. The molecular weight excluding hydrogens is 272 g/mol. The van der Waals surface area contributed by atoms with E-state index >= 15 is 0 Å². The zero-order valence-corrected chi connectivity index (χ0v) is 13.4. The molecule has 1 fully saturated rings. The molecule has 0 radical (unpaired) electrons. The van der Waals surface area contributed by atoms with Crippen molar-refractivity contribution < 1.29 is 4.79 Å². The summed E-state index contributed by atoms with van der Waals surface area (Å²) in [7, 11) is 0. The zero-order chi connectivity index (χ0) is 14.9. The van der Waals surface area contributed by atoms with Crippen molar-refractivity contribution in [3.05, 3.63) is 4.88 Å². The van der Waals surface area contributed by atoms with E-state index in [1.165, 1.54) is 30.6 Å². The largest absolute Gasteiger partial charge is 0.382 e. The van der Waals surface area contributed by atoms with E-state index in [1.807, 2.05) is 6.92 Å². The fraction of sp³-hybridized carbons (Fsp3) is 0.714. The lowest BCUT2D eigenvalue weighted by atomic mass is 9.88. The normalized spacial score (nSPS) is 17.4. The van der Waals surface area contributed by atoms with Crippen LogP contribution in [0.1, 0.15) is 56.6 Å². The van der Waals surface area contributed by atoms with E-state index in [1.54, 1.807) is 0 Å². The van der Waals surface area contributed by atoms with E-state index in [4.69, 9.17) is 5.73 Å². The fourth-order valence-electron chi connectivity index (χ4n) is 1.76. The Kier molecular flexibility index (Phi) is 4.22. The van der Waals surface area contributed by atoms with E-state index in [0.717, 1.165) is 5.13 Å². The first-order chi connectivity index (χ1) is 9.27. The highest BCUT2D eigenvalue weighted by molar-refractivity contribution is 7.18. The van der Waals surface area contributed by atoms with Crippen LogP contribution in [0.25, 0.3) is 0 Å². The van der Waals surface area contributed by atoms with E-state index in [9.17, 15) is 4.79 Å². The second kappa shape index (κ2) is 5.60. The first-order valence-corrected chi connectivity index (χ1v) is 7.92. The number of hydrogen-bond donors (Lipinski definition) is 3. The molecular formula is C14H24N4OS. The fourth-order valence-corrected chi connectivity index (χ4v) is 2.63. The van der Waals surface area contributed by atoms with Gasteiger partial charge in [0, 0.05) is 12.1 Å². The molecule has 1 saturated carbocycles. The van der Waals surface area contributed by atoms with Crippen molar-refractivity contribution in [3.63, 3.8) is 0 Å². The van der Waals surface area contributed by atoms with Gasteiger partial charge in [-0.1, -0.05) is 32.1 Å². The van der Waals surface area contributed by atoms with Crippen LogP contribution in [0.15, 0.2) is 0 Å². The monoisotopic (exact) mass is 296 g/mol. The molecule has 1 atom stereocenters. The average molecular weight is 296 g/mol. The number of nitrogens with zero attached hydrogens (tertiary/aromatic N) is 1. The molecule has 1 aromatic rings. The second-order valence-corrected chi connectivity index (χ2v) is 7.57. The molecule has 1 unspecified atom stereocenters. The summed E-state index contributed by atoms with van der Waals surface area (Å²) in [6.45, 7) is 8.29. The molecule has 1 aliphatic carbocycles. The summed E-state index contributed by atoms with van der Waals surface area (Å²) in [6.07, 6.45) is 3.60. The highest BCUT2D eigenvalue weighted by Gasteiger charge is 2.25. The standard InChI is InChI=1S/C14H24N4OS/c1-8(14(2,3)4)16-12(19)10-11(15)18-13(20-10)17-9-6-5-7-9/h8-9H,5-7,15H2,1-4H3,(H,16,19)(H,17,18). The molecule has 1 aromatic heterocycles. The van der Waals surface area contributed by atoms with Crippen LogP contribution < -0.4 is 16.4 Å². The third kappa shape index (κ3) is 3.42. The lowest BCUT2D eigenvalue weighted by Crippen LogP contribution is -2.41. The van der Waals surface area contributed by atoms with Gasteiger partial charge in [-0.2, -0.15) is 0 Å². The maximum Gasteiger partial charge on any atom is 0.265 e. The van der Waals surface area contributed by atoms with Crippen molar-refractivity contribution in [1.29, 1.82) is 0 Å². The van der Waals surface area contributed by atoms with Gasteiger partial charge in [-0.25, -0.2) is 4.98 Å². The van der Waals surface area contributed by atoms with Gasteiger partial charge in [0.1, 0.15) is 10.7 Å². The van der Waals surface area contributed by atoms with Gasteiger partial charge in [0.05, 0.1) is 0 Å². The second-order valence-electron chi connectivity index (χ2n) is 6.57. The van der Waals surface area contributed by atoms with E-state index < -0.39 is 0 Å². The van der Waals surface area contributed by atoms with Gasteiger partial charge in [-0.15, -0.1) is 0 Å². The van der Waals surface area contributed by atoms with Gasteiger partial charge in [0.25, 0.3) is 5.91 Å². The maximum absolute atomic E-state index is 12.3. The molecule has 112 valence electrons. The molecule has 1 amide bonds. The molecule has 1 heterocycles. The molecule has 6 heteroatoms. The highest BCUT2D eigenvalue weighted by atomic mass is 32.1. The van der Waals surface area contributed by atoms with Crippen LogP contribution in [0.2, 0.25) is 0 Å². The molecule has 4 N–H and O–H groups in total. The highest BCUT2D eigenvalue weighted by Crippen LogP contribution is 2.30. The molecule has 0 aliphatic heterocycles. The predicted octanol–water partition coefficient (Wildman–Crippen LogP) is 2.85. The van der Waals surface area contributed by atoms with Crippen LogP contribution in [0.3, 0.4) is 0 Å². The number of carbonyl (C=O) groups excluding carboxylic acids is 1. The van der Waals surface area contributed by atoms with E-state index in [-0.39, 0.29) is 17.4 Å². The molecule has 0 saturated heterocycles. The summed E-state index contributed by atoms with van der Waals surface area (Å²) in [5.74, 6) is 0.180. The molecule has 0 bridgehead atoms. The van der Waals surface area contributed by atoms with Gasteiger partial charge in [0.2, 0.25) is 0 Å². The minimum atomic E-state index is -0.135. The zero-order valence-electron chi connectivity index (χ0n) is 12.6. The summed E-state index contributed by atoms with van der Waals surface area (Å²) < 4.78 is 0. The summed E-state index contributed by atoms with van der Waals surface area (Å²) in [6, 6.07) is 0.560. The van der Waals surface area contributed by atoms with E-state index in [0.29, 0.717) is 16.7 Å². The first-order valence-electron chi connectivity index (χ1n) is 7.11. The summed E-state index contributed by atoms with van der Waals surface area (Å²) in [4.78, 5) is 17.0. The van der Waals surface area contributed by atoms with Crippen LogP contribution >= 0.6 is 11.3 Å². The van der Waals surface area contributed by atoms with Crippen molar-refractivity contribution >= 4 is 28.2 Å². The van der Waals surface area contributed by atoms with Crippen LogP contribution in [-0.2, 0) is 0 Å². The van der Waals surface area contributed by atoms with Gasteiger partial charge in [-0.3, -0.25) is 4.79 Å². The Labute approximate surface area is 124 Å². The number of rotatable bonds is 4. The topological polar surface area (TPSA) is 80.0 Å². The number of nitrogens with two attached hydrogens (primary N) is 1. The molecule has 20 heavy (non-hydrogen) atoms. The number of thiazole rings is 1. The molecule has 2 rings (SSSR count). The molecule has 0 aromatic carbocycles. The lowest BCUT2D eigenvalue weighted by molar-refractivity contribution is 0.0915. The minimum absolute atomic E-state index is 0.0160. The number of carbonyl (C=O) groups is 1. The number of amides is 1. The van der Waals surface area contributed by atoms with Crippen LogP contribution in [0.5, 0.6) is 0 Å². The average Bonchev–Trinajstić information content (AvgIpc) is 2.63. The number of nitrogens with one attached hydrogen (secondary N) is 2. The number of aromatic nitrogens is 1. The SMILES string of the molecule is CC(NC(=O)c1sc(NC2CCC2)nc1N)C(C)(C)C. The number of anilines is 2. The first kappa shape index (κ1) is 15.1. The minimum Gasteiger partial charge on any atom is -0.382 e. The predicted molar refractivity (Wildman–Crippen MR) is 84.2 cm³/mol. The maximum atomic E-state index is 12.3. The molecule has 5 nitrogen and oxygen atoms in total.